The normalized spacial score (nSPS) is 16.6. The summed E-state index contributed by atoms with van der Waals surface area (Å²) in [6, 6.07) is 3.70. The van der Waals surface area contributed by atoms with E-state index in [1.165, 1.54) is 17.0 Å². The lowest BCUT2D eigenvalue weighted by Gasteiger charge is -2.33. The number of aryl methyl sites for hydroxylation is 1. The van der Waals surface area contributed by atoms with Crippen molar-refractivity contribution in [3.05, 3.63) is 63.9 Å². The number of amides is 1. The fraction of sp³-hybridized carbons (Fsp3) is 0.440. The zero-order valence-corrected chi connectivity index (χ0v) is 21.9. The number of nitrogens with one attached hydrogen (secondary N) is 1. The summed E-state index contributed by atoms with van der Waals surface area (Å²) in [5.74, 6) is -1.65. The minimum absolute atomic E-state index is 0.00848. The molecular formula is C25H24F7N5O2S. The van der Waals surface area contributed by atoms with Gasteiger partial charge in [0, 0.05) is 41.7 Å². The number of alkyl halides is 6. The molecule has 0 aliphatic carbocycles. The third-order valence-electron chi connectivity index (χ3n) is 6.17. The molecule has 0 bridgehead atoms. The van der Waals surface area contributed by atoms with E-state index in [2.05, 4.69) is 19.7 Å². The number of rotatable bonds is 8. The van der Waals surface area contributed by atoms with Gasteiger partial charge in [0.25, 0.3) is 5.91 Å². The van der Waals surface area contributed by atoms with E-state index in [0.717, 1.165) is 23.8 Å². The van der Waals surface area contributed by atoms with Crippen LogP contribution in [0.1, 0.15) is 45.2 Å². The molecule has 40 heavy (non-hydrogen) atoms. The second-order valence-corrected chi connectivity index (χ2v) is 10.3. The predicted octanol–water partition coefficient (Wildman–Crippen LogP) is 5.90. The second-order valence-electron chi connectivity index (χ2n) is 9.40. The molecule has 1 saturated heterocycles. The van der Waals surface area contributed by atoms with E-state index in [1.807, 2.05) is 0 Å². The molecule has 2 aromatic heterocycles. The van der Waals surface area contributed by atoms with Crippen LogP contribution in [-0.4, -0.2) is 57.6 Å². The first kappa shape index (κ1) is 29.6. The highest BCUT2D eigenvalue weighted by molar-refractivity contribution is 7.06. The van der Waals surface area contributed by atoms with Crippen molar-refractivity contribution in [3.8, 4) is 5.75 Å². The average molecular weight is 592 g/mol. The van der Waals surface area contributed by atoms with Crippen LogP contribution in [-0.2, 0) is 12.6 Å². The topological polar surface area (TPSA) is 80.2 Å². The van der Waals surface area contributed by atoms with Crippen LogP contribution in [0, 0.1) is 18.7 Å². The summed E-state index contributed by atoms with van der Waals surface area (Å²) in [4.78, 5) is 22.0. The lowest BCUT2D eigenvalue weighted by atomic mass is 9.99. The quantitative estimate of drug-likeness (QED) is 0.329. The summed E-state index contributed by atoms with van der Waals surface area (Å²) in [7, 11) is 0. The number of hydrogen-bond donors (Lipinski definition) is 1. The first-order chi connectivity index (χ1) is 18.8. The van der Waals surface area contributed by atoms with Crippen LogP contribution >= 0.6 is 11.5 Å². The lowest BCUT2D eigenvalue weighted by molar-refractivity contribution is -0.149. The molecule has 1 fully saturated rings. The number of anilines is 1. The summed E-state index contributed by atoms with van der Waals surface area (Å²) >= 11 is 0.993. The van der Waals surface area contributed by atoms with Gasteiger partial charge in [-0.1, -0.05) is 0 Å². The Kier molecular flexibility index (Phi) is 8.93. The number of nitrogens with zero attached hydrogens (tertiary/aromatic N) is 4. The zero-order valence-electron chi connectivity index (χ0n) is 21.1. The van der Waals surface area contributed by atoms with E-state index in [9.17, 15) is 35.5 Å². The van der Waals surface area contributed by atoms with Gasteiger partial charge in [-0.15, -0.1) is 0 Å². The smallest absolute Gasteiger partial charge is 0.434 e. The van der Waals surface area contributed by atoms with E-state index >= 15 is 0 Å². The minimum atomic E-state index is -4.63. The Morgan fingerprint density at radius 1 is 1.18 bits per heavy atom. The molecule has 1 atom stereocenters. The van der Waals surface area contributed by atoms with Crippen molar-refractivity contribution >= 4 is 23.1 Å². The third kappa shape index (κ3) is 7.87. The Morgan fingerprint density at radius 2 is 1.95 bits per heavy atom. The molecular weight excluding hydrogens is 567 g/mol. The maximum Gasteiger partial charge on any atom is 0.434 e. The van der Waals surface area contributed by atoms with Gasteiger partial charge >= 0.3 is 12.4 Å². The van der Waals surface area contributed by atoms with Crippen LogP contribution in [0.25, 0.3) is 0 Å². The van der Waals surface area contributed by atoms with Crippen LogP contribution < -0.4 is 10.1 Å². The van der Waals surface area contributed by atoms with Crippen molar-refractivity contribution in [1.29, 1.82) is 0 Å². The highest BCUT2D eigenvalue weighted by Crippen LogP contribution is 2.29. The molecule has 7 nitrogen and oxygen atoms in total. The summed E-state index contributed by atoms with van der Waals surface area (Å²) in [6.07, 6.45) is -6.10. The number of ether oxygens (including phenoxy) is 1. The Hall–Kier alpha value is -3.33. The average Bonchev–Trinajstić information content (AvgIpc) is 3.23. The predicted molar refractivity (Wildman–Crippen MR) is 132 cm³/mol. The molecule has 4 rings (SSSR count). The van der Waals surface area contributed by atoms with Crippen molar-refractivity contribution in [2.24, 2.45) is 5.92 Å². The van der Waals surface area contributed by atoms with Gasteiger partial charge < -0.3 is 10.1 Å². The number of benzene rings is 1. The SMILES string of the molecule is Cc1nsc(Cc2cnc(C(F)(F)F)cn2)c1C(=O)Nc1ccc(F)c(OC[C@@H]2CCCN(CC(F)(F)F)C2)c1. The molecule has 3 heterocycles. The highest BCUT2D eigenvalue weighted by Gasteiger charge is 2.34. The molecule has 0 spiro atoms. The van der Waals surface area contributed by atoms with Crippen LogP contribution in [0.15, 0.2) is 30.6 Å². The number of carbonyl (C=O) groups excluding carboxylic acids is 1. The summed E-state index contributed by atoms with van der Waals surface area (Å²) in [5, 5.41) is 2.64. The third-order valence-corrected chi connectivity index (χ3v) is 7.10. The molecule has 1 aliphatic rings. The first-order valence-corrected chi connectivity index (χ1v) is 12.9. The van der Waals surface area contributed by atoms with Crippen molar-refractivity contribution in [1.82, 2.24) is 19.2 Å². The Labute approximate surface area is 228 Å². The maximum absolute atomic E-state index is 14.4. The van der Waals surface area contributed by atoms with Crippen molar-refractivity contribution < 1.29 is 40.3 Å². The van der Waals surface area contributed by atoms with Gasteiger partial charge in [-0.05, 0) is 50.0 Å². The van der Waals surface area contributed by atoms with E-state index < -0.39 is 36.3 Å². The fourth-order valence-corrected chi connectivity index (χ4v) is 5.25. The summed E-state index contributed by atoms with van der Waals surface area (Å²) < 4.78 is 101. The number of likely N-dealkylation sites (tertiary alicyclic amines) is 1. The van der Waals surface area contributed by atoms with Gasteiger partial charge in [0.05, 0.1) is 36.3 Å². The van der Waals surface area contributed by atoms with Gasteiger partial charge in [0.15, 0.2) is 17.3 Å². The van der Waals surface area contributed by atoms with Gasteiger partial charge in [0.2, 0.25) is 0 Å². The van der Waals surface area contributed by atoms with Gasteiger partial charge in [-0.2, -0.15) is 30.7 Å². The maximum atomic E-state index is 14.4. The molecule has 216 valence electrons. The van der Waals surface area contributed by atoms with Gasteiger partial charge in [0.1, 0.15) is 0 Å². The molecule has 3 aromatic rings. The highest BCUT2D eigenvalue weighted by atomic mass is 32.1. The number of halogens is 7. The number of carbonyl (C=O) groups is 1. The van der Waals surface area contributed by atoms with E-state index in [-0.39, 0.29) is 48.2 Å². The number of aromatic nitrogens is 3. The molecule has 0 unspecified atom stereocenters. The second kappa shape index (κ2) is 12.0. The summed E-state index contributed by atoms with van der Waals surface area (Å²) in [5.41, 5.74) is -0.137. The number of piperidine rings is 1. The zero-order chi connectivity index (χ0) is 29.1. The van der Waals surface area contributed by atoms with Crippen LogP contribution in [0.4, 0.5) is 36.4 Å². The molecule has 1 aliphatic heterocycles. The Bertz CT molecular complexity index is 1330. The van der Waals surface area contributed by atoms with Gasteiger partial charge in [-0.25, -0.2) is 9.37 Å². The van der Waals surface area contributed by atoms with Crippen molar-refractivity contribution in [2.75, 3.05) is 31.6 Å². The lowest BCUT2D eigenvalue weighted by Crippen LogP contribution is -2.42. The minimum Gasteiger partial charge on any atom is -0.490 e. The van der Waals surface area contributed by atoms with Crippen molar-refractivity contribution in [3.63, 3.8) is 0 Å². The molecule has 0 saturated carbocycles. The fourth-order valence-electron chi connectivity index (χ4n) is 4.36. The Balaban J connectivity index is 1.40. The van der Waals surface area contributed by atoms with Crippen molar-refractivity contribution in [2.45, 2.75) is 38.5 Å². The molecule has 1 aromatic carbocycles. The van der Waals surface area contributed by atoms with E-state index in [1.54, 1.807) is 6.92 Å². The molecule has 1 amide bonds. The largest absolute Gasteiger partial charge is 0.490 e. The molecule has 1 N–H and O–H groups in total. The van der Waals surface area contributed by atoms with E-state index in [4.69, 9.17) is 4.74 Å². The first-order valence-electron chi connectivity index (χ1n) is 12.1. The standard InChI is InChI=1S/C25H24F7N5O2S/c1-14-22(20(40-36-14)8-17-9-34-21(10-33-17)25(30,31)32)23(38)35-16-4-5-18(26)19(7-16)39-12-15-3-2-6-37(11-15)13-24(27,28)29/h4-5,7,9-10,15H,2-3,6,8,11-13H2,1H3,(H,35,38)/t15-/m1/s1. The van der Waals surface area contributed by atoms with Crippen LogP contribution in [0.5, 0.6) is 5.75 Å². The molecule has 15 heteroatoms. The van der Waals surface area contributed by atoms with E-state index in [0.29, 0.717) is 36.2 Å². The Morgan fingerprint density at radius 3 is 2.62 bits per heavy atom. The van der Waals surface area contributed by atoms with Crippen LogP contribution in [0.3, 0.4) is 0 Å². The van der Waals surface area contributed by atoms with Gasteiger partial charge in [-0.3, -0.25) is 14.7 Å². The molecule has 0 radical (unpaired) electrons. The monoisotopic (exact) mass is 591 g/mol. The summed E-state index contributed by atoms with van der Waals surface area (Å²) in [6.45, 7) is 1.10. The van der Waals surface area contributed by atoms with Crippen LogP contribution in [0.2, 0.25) is 0 Å². The number of hydrogen-bond acceptors (Lipinski definition) is 7.